The van der Waals surface area contributed by atoms with E-state index < -0.39 is 23.3 Å². The molecule has 0 saturated carbocycles. The largest absolute Gasteiger partial charge is 0.434 e. The summed E-state index contributed by atoms with van der Waals surface area (Å²) in [6.45, 7) is 3.48. The third kappa shape index (κ3) is 6.23. The molecule has 1 aromatic carbocycles. The summed E-state index contributed by atoms with van der Waals surface area (Å²) >= 11 is 0. The number of nitrogens with one attached hydrogen (secondary N) is 2. The van der Waals surface area contributed by atoms with Gasteiger partial charge in [-0.15, -0.1) is 12.4 Å². The fraction of sp³-hybridized carbons (Fsp3) is 0.412. The van der Waals surface area contributed by atoms with Gasteiger partial charge in [0, 0.05) is 26.7 Å². The Labute approximate surface area is 161 Å². The number of aryl methyl sites for hydroxylation is 1. The molecule has 0 spiro atoms. The zero-order valence-corrected chi connectivity index (χ0v) is 15.8. The van der Waals surface area contributed by atoms with Gasteiger partial charge in [0.05, 0.1) is 24.1 Å². The molecule has 0 radical (unpaired) electrons. The molecule has 2 aromatic rings. The molecular formula is C17H22ClF3N4O2. The quantitative estimate of drug-likeness (QED) is 0.661. The number of hydrogen-bond acceptors (Lipinski definition) is 4. The van der Waals surface area contributed by atoms with Crippen LogP contribution in [0.5, 0.6) is 0 Å². The highest BCUT2D eigenvalue weighted by Crippen LogP contribution is 2.33. The summed E-state index contributed by atoms with van der Waals surface area (Å²) in [5.74, 6) is -0.815. The number of benzene rings is 1. The minimum atomic E-state index is -4.72. The standard InChI is InChI=1S/C17H21F3N4O2.ClH/c1-12-4-3-5-13(10-12)24-15(17(18,19)20)14(11-23-24)16(25)22-7-6-21-8-9-26-2;/h3-5,10-11,21H,6-9H2,1-2H3,(H,22,25);1H. The normalized spacial score (nSPS) is 11.1. The first kappa shape index (κ1) is 22.9. The minimum Gasteiger partial charge on any atom is -0.383 e. The molecule has 0 aliphatic carbocycles. The number of halogens is 4. The van der Waals surface area contributed by atoms with Crippen LogP contribution in [-0.2, 0) is 10.9 Å². The van der Waals surface area contributed by atoms with Gasteiger partial charge in [-0.05, 0) is 24.6 Å². The lowest BCUT2D eigenvalue weighted by molar-refractivity contribution is -0.143. The summed E-state index contributed by atoms with van der Waals surface area (Å²) in [6, 6.07) is 6.49. The van der Waals surface area contributed by atoms with Gasteiger partial charge in [-0.2, -0.15) is 18.3 Å². The molecule has 0 saturated heterocycles. The number of carbonyl (C=O) groups is 1. The maximum absolute atomic E-state index is 13.5. The van der Waals surface area contributed by atoms with Crippen LogP contribution in [0.3, 0.4) is 0 Å². The number of hydrogen-bond donors (Lipinski definition) is 2. The second kappa shape index (κ2) is 10.3. The van der Waals surface area contributed by atoms with E-state index in [-0.39, 0.29) is 24.6 Å². The first-order valence-electron chi connectivity index (χ1n) is 8.04. The van der Waals surface area contributed by atoms with E-state index in [4.69, 9.17) is 4.74 Å². The summed E-state index contributed by atoms with van der Waals surface area (Å²) in [5.41, 5.74) is -0.555. The number of amides is 1. The predicted molar refractivity (Wildman–Crippen MR) is 97.6 cm³/mol. The van der Waals surface area contributed by atoms with Crippen molar-refractivity contribution in [2.45, 2.75) is 13.1 Å². The van der Waals surface area contributed by atoms with Gasteiger partial charge < -0.3 is 15.4 Å². The molecule has 0 fully saturated rings. The molecule has 1 amide bonds. The average molecular weight is 407 g/mol. The molecule has 1 heterocycles. The van der Waals surface area contributed by atoms with Crippen LogP contribution in [0.1, 0.15) is 21.6 Å². The van der Waals surface area contributed by atoms with Crippen LogP contribution in [0, 0.1) is 6.92 Å². The van der Waals surface area contributed by atoms with Crippen LogP contribution in [0.2, 0.25) is 0 Å². The SMILES string of the molecule is COCCNCCNC(=O)c1cnn(-c2cccc(C)c2)c1C(F)(F)F.Cl. The van der Waals surface area contributed by atoms with Gasteiger partial charge in [-0.25, -0.2) is 4.68 Å². The van der Waals surface area contributed by atoms with Crippen molar-refractivity contribution in [3.8, 4) is 5.69 Å². The number of aromatic nitrogens is 2. The van der Waals surface area contributed by atoms with Gasteiger partial charge >= 0.3 is 6.18 Å². The van der Waals surface area contributed by atoms with E-state index in [2.05, 4.69) is 15.7 Å². The molecule has 0 unspecified atom stereocenters. The maximum atomic E-state index is 13.5. The van der Waals surface area contributed by atoms with Crippen molar-refractivity contribution in [3.63, 3.8) is 0 Å². The Balaban J connectivity index is 0.00000364. The highest BCUT2D eigenvalue weighted by Gasteiger charge is 2.40. The van der Waals surface area contributed by atoms with Gasteiger partial charge in [0.25, 0.3) is 5.91 Å². The maximum Gasteiger partial charge on any atom is 0.434 e. The highest BCUT2D eigenvalue weighted by molar-refractivity contribution is 5.95. The second-order valence-corrected chi connectivity index (χ2v) is 5.65. The smallest absolute Gasteiger partial charge is 0.383 e. The molecule has 27 heavy (non-hydrogen) atoms. The molecule has 2 rings (SSSR count). The molecular weight excluding hydrogens is 385 g/mol. The zero-order chi connectivity index (χ0) is 19.2. The van der Waals surface area contributed by atoms with Gasteiger partial charge in [0.2, 0.25) is 0 Å². The predicted octanol–water partition coefficient (Wildman–Crippen LogP) is 2.59. The average Bonchev–Trinajstić information content (AvgIpc) is 3.03. The summed E-state index contributed by atoms with van der Waals surface area (Å²) < 4.78 is 46.3. The molecule has 2 N–H and O–H groups in total. The van der Waals surface area contributed by atoms with Crippen LogP contribution in [-0.4, -0.2) is 49.0 Å². The van der Waals surface area contributed by atoms with Crippen LogP contribution in [0.4, 0.5) is 13.2 Å². The third-order valence-electron chi connectivity index (χ3n) is 3.60. The number of methoxy groups -OCH3 is 1. The molecule has 6 nitrogen and oxygen atoms in total. The third-order valence-corrected chi connectivity index (χ3v) is 3.60. The topological polar surface area (TPSA) is 68.2 Å². The zero-order valence-electron chi connectivity index (χ0n) is 15.0. The van der Waals surface area contributed by atoms with Gasteiger partial charge in [-0.3, -0.25) is 4.79 Å². The minimum absolute atomic E-state index is 0. The van der Waals surface area contributed by atoms with E-state index in [9.17, 15) is 18.0 Å². The summed E-state index contributed by atoms with van der Waals surface area (Å²) in [4.78, 5) is 12.2. The fourth-order valence-corrected chi connectivity index (χ4v) is 2.40. The lowest BCUT2D eigenvalue weighted by atomic mass is 10.2. The first-order chi connectivity index (χ1) is 12.3. The molecule has 10 heteroatoms. The van der Waals surface area contributed by atoms with Gasteiger partial charge in [0.15, 0.2) is 5.69 Å². The van der Waals surface area contributed by atoms with Crippen molar-refractivity contribution in [3.05, 3.63) is 47.3 Å². The number of rotatable bonds is 8. The lowest BCUT2D eigenvalue weighted by Crippen LogP contribution is -2.34. The lowest BCUT2D eigenvalue weighted by Gasteiger charge is -2.13. The van der Waals surface area contributed by atoms with Crippen LogP contribution >= 0.6 is 12.4 Å². The van der Waals surface area contributed by atoms with Gasteiger partial charge in [-0.1, -0.05) is 12.1 Å². The van der Waals surface area contributed by atoms with E-state index in [1.165, 1.54) is 6.07 Å². The molecule has 0 aliphatic heterocycles. The molecule has 0 aliphatic rings. The molecule has 0 bridgehead atoms. The molecule has 0 atom stereocenters. The number of nitrogens with zero attached hydrogens (tertiary/aromatic N) is 2. The van der Waals surface area contributed by atoms with Gasteiger partial charge in [0.1, 0.15) is 0 Å². The van der Waals surface area contributed by atoms with Crippen molar-refractivity contribution in [1.82, 2.24) is 20.4 Å². The van der Waals surface area contributed by atoms with Crippen molar-refractivity contribution in [2.75, 3.05) is 33.4 Å². The Hall–Kier alpha value is -2.10. The van der Waals surface area contributed by atoms with E-state index >= 15 is 0 Å². The number of ether oxygens (including phenoxy) is 1. The Bertz CT molecular complexity index is 750. The Morgan fingerprint density at radius 1 is 1.26 bits per heavy atom. The van der Waals surface area contributed by atoms with Crippen LogP contribution in [0.25, 0.3) is 5.69 Å². The second-order valence-electron chi connectivity index (χ2n) is 5.65. The first-order valence-corrected chi connectivity index (χ1v) is 8.04. The number of carbonyl (C=O) groups excluding carboxylic acids is 1. The van der Waals surface area contributed by atoms with E-state index in [1.54, 1.807) is 32.2 Å². The van der Waals surface area contributed by atoms with Crippen molar-refractivity contribution < 1.29 is 22.7 Å². The molecule has 150 valence electrons. The van der Waals surface area contributed by atoms with E-state index in [0.29, 0.717) is 19.7 Å². The van der Waals surface area contributed by atoms with E-state index in [0.717, 1.165) is 16.4 Å². The van der Waals surface area contributed by atoms with E-state index in [1.807, 2.05) is 0 Å². The summed E-state index contributed by atoms with van der Waals surface area (Å²) in [7, 11) is 1.56. The van der Waals surface area contributed by atoms with Crippen molar-refractivity contribution in [2.24, 2.45) is 0 Å². The highest BCUT2D eigenvalue weighted by atomic mass is 35.5. The van der Waals surface area contributed by atoms with Crippen LogP contribution < -0.4 is 10.6 Å². The summed E-state index contributed by atoms with van der Waals surface area (Å²) in [5, 5.41) is 9.25. The van der Waals surface area contributed by atoms with Crippen molar-refractivity contribution in [1.29, 1.82) is 0 Å². The molecule has 1 aromatic heterocycles. The monoisotopic (exact) mass is 406 g/mol. The fourth-order valence-electron chi connectivity index (χ4n) is 2.40. The van der Waals surface area contributed by atoms with Crippen molar-refractivity contribution >= 4 is 18.3 Å². The Kier molecular flexibility index (Phi) is 8.74. The summed E-state index contributed by atoms with van der Waals surface area (Å²) in [6.07, 6.45) is -3.78. The Morgan fingerprint density at radius 3 is 2.63 bits per heavy atom. The van der Waals surface area contributed by atoms with Crippen LogP contribution in [0.15, 0.2) is 30.5 Å². The number of alkyl halides is 3. The Morgan fingerprint density at radius 2 is 2.00 bits per heavy atom.